The van der Waals surface area contributed by atoms with Crippen molar-refractivity contribution in [3.05, 3.63) is 47.7 Å². The number of hydrogen-bond donors (Lipinski definition) is 1. The number of ether oxygens (including phenoxy) is 2. The van der Waals surface area contributed by atoms with E-state index in [1.807, 2.05) is 37.3 Å². The van der Waals surface area contributed by atoms with Crippen LogP contribution in [0.4, 0.5) is 0 Å². The molecule has 1 aromatic heterocycles. The van der Waals surface area contributed by atoms with Gasteiger partial charge in [-0.1, -0.05) is 13.0 Å². The molecule has 0 fully saturated rings. The Hall–Kier alpha value is -2.07. The first-order valence-electron chi connectivity index (χ1n) is 7.21. The molecule has 0 saturated carbocycles. The summed E-state index contributed by atoms with van der Waals surface area (Å²) in [5.74, 6) is 1.97. The number of nitrogens with one attached hydrogen (secondary N) is 1. The van der Waals surface area contributed by atoms with Crippen LogP contribution in [-0.4, -0.2) is 18.6 Å². The summed E-state index contributed by atoms with van der Waals surface area (Å²) in [6.45, 7) is 5.99. The summed E-state index contributed by atoms with van der Waals surface area (Å²) >= 11 is 0. The number of benzene rings is 1. The average Bonchev–Trinajstić information content (AvgIpc) is 2.50. The van der Waals surface area contributed by atoms with Crippen molar-refractivity contribution in [1.82, 2.24) is 10.3 Å². The second-order valence-corrected chi connectivity index (χ2v) is 4.94. The van der Waals surface area contributed by atoms with E-state index >= 15 is 0 Å². The Morgan fingerprint density at radius 2 is 2.00 bits per heavy atom. The van der Waals surface area contributed by atoms with Crippen molar-refractivity contribution in [3.63, 3.8) is 0 Å². The van der Waals surface area contributed by atoms with E-state index in [9.17, 15) is 0 Å². The first kappa shape index (κ1) is 15.3. The maximum atomic E-state index is 5.84. The normalized spacial score (nSPS) is 10.4. The van der Waals surface area contributed by atoms with E-state index in [1.165, 1.54) is 0 Å². The van der Waals surface area contributed by atoms with Gasteiger partial charge in [-0.2, -0.15) is 0 Å². The summed E-state index contributed by atoms with van der Waals surface area (Å²) < 4.78 is 11.2. The van der Waals surface area contributed by atoms with Gasteiger partial charge in [0.25, 0.3) is 0 Å². The van der Waals surface area contributed by atoms with Gasteiger partial charge in [-0.15, -0.1) is 0 Å². The highest BCUT2D eigenvalue weighted by Gasteiger charge is 2.07. The van der Waals surface area contributed by atoms with E-state index in [2.05, 4.69) is 17.2 Å². The van der Waals surface area contributed by atoms with Crippen LogP contribution in [0.25, 0.3) is 0 Å². The number of hydrogen-bond acceptors (Lipinski definition) is 4. The van der Waals surface area contributed by atoms with Crippen LogP contribution in [0.15, 0.2) is 36.5 Å². The molecule has 1 N–H and O–H groups in total. The summed E-state index contributed by atoms with van der Waals surface area (Å²) in [6, 6.07) is 9.77. The number of methoxy groups -OCH3 is 1. The van der Waals surface area contributed by atoms with Crippen LogP contribution in [-0.2, 0) is 6.54 Å². The molecular formula is C17H22N2O2. The van der Waals surface area contributed by atoms with Crippen molar-refractivity contribution < 1.29 is 9.47 Å². The van der Waals surface area contributed by atoms with Gasteiger partial charge in [0.05, 0.1) is 7.11 Å². The summed E-state index contributed by atoms with van der Waals surface area (Å²) in [7, 11) is 1.64. The largest absolute Gasteiger partial charge is 0.493 e. The number of aryl methyl sites for hydroxylation is 1. The quantitative estimate of drug-likeness (QED) is 0.788. The molecule has 4 nitrogen and oxygen atoms in total. The molecule has 0 unspecified atom stereocenters. The Morgan fingerprint density at radius 3 is 2.76 bits per heavy atom. The van der Waals surface area contributed by atoms with Crippen molar-refractivity contribution in [2.75, 3.05) is 13.7 Å². The lowest BCUT2D eigenvalue weighted by Gasteiger charge is -2.11. The van der Waals surface area contributed by atoms with Gasteiger partial charge in [0.2, 0.25) is 5.88 Å². The molecule has 0 radical (unpaired) electrons. The lowest BCUT2D eigenvalue weighted by atomic mass is 10.2. The maximum Gasteiger partial charge on any atom is 0.219 e. The predicted molar refractivity (Wildman–Crippen MR) is 84.0 cm³/mol. The fraction of sp³-hybridized carbons (Fsp3) is 0.353. The summed E-state index contributed by atoms with van der Waals surface area (Å²) in [6.07, 6.45) is 2.88. The van der Waals surface area contributed by atoms with Crippen LogP contribution in [0.5, 0.6) is 17.4 Å². The van der Waals surface area contributed by atoms with Crippen LogP contribution in [0, 0.1) is 6.92 Å². The first-order chi connectivity index (χ1) is 10.2. The van der Waals surface area contributed by atoms with Crippen molar-refractivity contribution >= 4 is 0 Å². The molecule has 1 heterocycles. The minimum absolute atomic E-state index is 0.577. The molecule has 0 aliphatic heterocycles. The van der Waals surface area contributed by atoms with Crippen LogP contribution in [0.2, 0.25) is 0 Å². The molecule has 0 saturated heterocycles. The van der Waals surface area contributed by atoms with Gasteiger partial charge in [0, 0.05) is 18.8 Å². The van der Waals surface area contributed by atoms with Gasteiger partial charge in [-0.05, 0) is 49.2 Å². The third-order valence-electron chi connectivity index (χ3n) is 3.09. The molecule has 2 aromatic rings. The third-order valence-corrected chi connectivity index (χ3v) is 3.09. The van der Waals surface area contributed by atoms with E-state index in [0.29, 0.717) is 17.4 Å². The molecule has 0 spiro atoms. The van der Waals surface area contributed by atoms with Gasteiger partial charge in [0.15, 0.2) is 11.5 Å². The Morgan fingerprint density at radius 1 is 1.14 bits per heavy atom. The van der Waals surface area contributed by atoms with Gasteiger partial charge < -0.3 is 14.8 Å². The standard InChI is InChI=1S/C17H22N2O2/c1-4-8-18-12-14-7-9-19-17(11-14)21-15-6-5-13(2)10-16(15)20-3/h5-7,9-11,18H,4,8,12H2,1-3H3. The second kappa shape index (κ2) is 7.64. The lowest BCUT2D eigenvalue weighted by Crippen LogP contribution is -2.13. The maximum absolute atomic E-state index is 5.84. The minimum atomic E-state index is 0.577. The van der Waals surface area contributed by atoms with Crippen LogP contribution in [0.1, 0.15) is 24.5 Å². The van der Waals surface area contributed by atoms with E-state index in [-0.39, 0.29) is 0 Å². The van der Waals surface area contributed by atoms with E-state index in [4.69, 9.17) is 9.47 Å². The fourth-order valence-corrected chi connectivity index (χ4v) is 2.00. The van der Waals surface area contributed by atoms with Crippen LogP contribution < -0.4 is 14.8 Å². The minimum Gasteiger partial charge on any atom is -0.493 e. The van der Waals surface area contributed by atoms with Crippen LogP contribution >= 0.6 is 0 Å². The SMILES string of the molecule is CCCNCc1ccnc(Oc2ccc(C)cc2OC)c1. The molecule has 112 valence electrons. The van der Waals surface area contributed by atoms with Gasteiger partial charge in [-0.3, -0.25) is 0 Å². The van der Waals surface area contributed by atoms with Gasteiger partial charge in [-0.25, -0.2) is 4.98 Å². The number of nitrogens with zero attached hydrogens (tertiary/aromatic N) is 1. The number of aromatic nitrogens is 1. The number of rotatable bonds is 7. The highest BCUT2D eigenvalue weighted by molar-refractivity contribution is 5.44. The lowest BCUT2D eigenvalue weighted by molar-refractivity contribution is 0.373. The smallest absolute Gasteiger partial charge is 0.219 e. The van der Waals surface area contributed by atoms with Gasteiger partial charge in [0.1, 0.15) is 0 Å². The summed E-state index contributed by atoms with van der Waals surface area (Å²) in [5, 5.41) is 3.36. The monoisotopic (exact) mass is 286 g/mol. The Balaban J connectivity index is 2.10. The zero-order valence-electron chi connectivity index (χ0n) is 12.8. The summed E-state index contributed by atoms with van der Waals surface area (Å²) in [4.78, 5) is 4.26. The fourth-order valence-electron chi connectivity index (χ4n) is 2.00. The van der Waals surface area contributed by atoms with Crippen molar-refractivity contribution in [1.29, 1.82) is 0 Å². The van der Waals surface area contributed by atoms with Crippen molar-refractivity contribution in [2.45, 2.75) is 26.8 Å². The number of pyridine rings is 1. The molecule has 0 amide bonds. The van der Waals surface area contributed by atoms with Crippen molar-refractivity contribution in [2.24, 2.45) is 0 Å². The van der Waals surface area contributed by atoms with Crippen molar-refractivity contribution in [3.8, 4) is 17.4 Å². The molecule has 4 heteroatoms. The van der Waals surface area contributed by atoms with E-state index in [0.717, 1.165) is 30.6 Å². The molecule has 1 aromatic carbocycles. The Kier molecular flexibility index (Phi) is 5.58. The van der Waals surface area contributed by atoms with Crippen LogP contribution in [0.3, 0.4) is 0 Å². The molecule has 0 bridgehead atoms. The van der Waals surface area contributed by atoms with Gasteiger partial charge >= 0.3 is 0 Å². The molecular weight excluding hydrogens is 264 g/mol. The highest BCUT2D eigenvalue weighted by Crippen LogP contribution is 2.31. The molecule has 0 atom stereocenters. The molecule has 0 aliphatic rings. The first-order valence-corrected chi connectivity index (χ1v) is 7.21. The predicted octanol–water partition coefficient (Wildman–Crippen LogP) is 3.69. The topological polar surface area (TPSA) is 43.4 Å². The molecule has 21 heavy (non-hydrogen) atoms. The molecule has 2 rings (SSSR count). The zero-order valence-corrected chi connectivity index (χ0v) is 12.8. The third kappa shape index (κ3) is 4.46. The zero-order chi connectivity index (χ0) is 15.1. The second-order valence-electron chi connectivity index (χ2n) is 4.94. The van der Waals surface area contributed by atoms with E-state index < -0.39 is 0 Å². The Bertz CT molecular complexity index is 585. The average molecular weight is 286 g/mol. The highest BCUT2D eigenvalue weighted by atomic mass is 16.5. The summed E-state index contributed by atoms with van der Waals surface area (Å²) in [5.41, 5.74) is 2.28. The molecule has 0 aliphatic carbocycles. The van der Waals surface area contributed by atoms with E-state index in [1.54, 1.807) is 13.3 Å². The Labute approximate surface area is 126 Å².